The summed E-state index contributed by atoms with van der Waals surface area (Å²) in [4.78, 5) is 0. The molecule has 0 bridgehead atoms. The minimum absolute atomic E-state index is 0.796. The van der Waals surface area contributed by atoms with E-state index >= 15 is 0 Å². The van der Waals surface area contributed by atoms with E-state index in [2.05, 4.69) is 23.5 Å². The van der Waals surface area contributed by atoms with E-state index < -0.39 is 0 Å². The molecule has 1 N–H and O–H groups in total. The van der Waals surface area contributed by atoms with Crippen LogP contribution in [0.3, 0.4) is 0 Å². The maximum Gasteiger partial charge on any atom is 0.0587 e. The van der Waals surface area contributed by atoms with Crippen molar-refractivity contribution in [2.75, 3.05) is 26.8 Å². The van der Waals surface area contributed by atoms with Gasteiger partial charge < -0.3 is 10.1 Å². The fourth-order valence-corrected chi connectivity index (χ4v) is 2.47. The largest absolute Gasteiger partial charge is 0.383 e. The lowest BCUT2D eigenvalue weighted by Crippen LogP contribution is -2.21. The summed E-state index contributed by atoms with van der Waals surface area (Å²) in [5.74, 6) is 0. The maximum atomic E-state index is 5.01. The van der Waals surface area contributed by atoms with Crippen molar-refractivity contribution in [1.82, 2.24) is 5.32 Å². The standard InChI is InChI=1S/C15H23NO/c1-17-11-10-16-9-8-13-6-7-14-4-2-3-5-15(14)12-13/h6-7,12,16H,2-5,8-11H2,1H3. The molecule has 0 saturated heterocycles. The van der Waals surface area contributed by atoms with Gasteiger partial charge in [0.25, 0.3) is 0 Å². The first-order valence-electron chi connectivity index (χ1n) is 6.70. The van der Waals surface area contributed by atoms with Crippen LogP contribution in [0.1, 0.15) is 29.5 Å². The number of benzene rings is 1. The van der Waals surface area contributed by atoms with Crippen molar-refractivity contribution in [2.24, 2.45) is 0 Å². The third-order valence-electron chi connectivity index (χ3n) is 3.49. The summed E-state index contributed by atoms with van der Waals surface area (Å²) in [6.45, 7) is 2.79. The lowest BCUT2D eigenvalue weighted by molar-refractivity contribution is 0.199. The molecular formula is C15H23NO. The first kappa shape index (κ1) is 12.6. The van der Waals surface area contributed by atoms with E-state index in [4.69, 9.17) is 4.74 Å². The zero-order valence-corrected chi connectivity index (χ0v) is 10.8. The molecule has 0 atom stereocenters. The summed E-state index contributed by atoms with van der Waals surface area (Å²) in [7, 11) is 1.74. The number of hydrogen-bond acceptors (Lipinski definition) is 2. The van der Waals surface area contributed by atoms with Crippen LogP contribution in [0.15, 0.2) is 18.2 Å². The Balaban J connectivity index is 1.81. The van der Waals surface area contributed by atoms with Crippen LogP contribution in [-0.4, -0.2) is 26.8 Å². The number of ether oxygens (including phenoxy) is 1. The molecule has 0 unspecified atom stereocenters. The molecule has 17 heavy (non-hydrogen) atoms. The van der Waals surface area contributed by atoms with E-state index in [0.29, 0.717) is 0 Å². The van der Waals surface area contributed by atoms with Gasteiger partial charge in [-0.05, 0) is 55.3 Å². The molecule has 1 aliphatic carbocycles. The van der Waals surface area contributed by atoms with E-state index in [-0.39, 0.29) is 0 Å². The van der Waals surface area contributed by atoms with E-state index in [0.717, 1.165) is 26.1 Å². The van der Waals surface area contributed by atoms with E-state index in [1.807, 2.05) is 0 Å². The zero-order valence-electron chi connectivity index (χ0n) is 10.8. The Morgan fingerprint density at radius 2 is 1.94 bits per heavy atom. The van der Waals surface area contributed by atoms with Crippen molar-refractivity contribution in [1.29, 1.82) is 0 Å². The van der Waals surface area contributed by atoms with Gasteiger partial charge in [0.15, 0.2) is 0 Å². The van der Waals surface area contributed by atoms with Crippen LogP contribution in [-0.2, 0) is 24.0 Å². The smallest absolute Gasteiger partial charge is 0.0587 e. The van der Waals surface area contributed by atoms with Crippen LogP contribution in [0.2, 0.25) is 0 Å². The second kappa shape index (κ2) is 6.77. The predicted molar refractivity (Wildman–Crippen MR) is 71.5 cm³/mol. The van der Waals surface area contributed by atoms with Crippen LogP contribution in [0.25, 0.3) is 0 Å². The van der Waals surface area contributed by atoms with Crippen LogP contribution in [0, 0.1) is 0 Å². The van der Waals surface area contributed by atoms with Gasteiger partial charge in [-0.3, -0.25) is 0 Å². The van der Waals surface area contributed by atoms with Crippen LogP contribution in [0.4, 0.5) is 0 Å². The van der Waals surface area contributed by atoms with Crippen molar-refractivity contribution in [3.63, 3.8) is 0 Å². The summed E-state index contributed by atoms with van der Waals surface area (Å²) in [6, 6.07) is 7.04. The van der Waals surface area contributed by atoms with Gasteiger partial charge in [-0.15, -0.1) is 0 Å². The van der Waals surface area contributed by atoms with Crippen molar-refractivity contribution in [3.8, 4) is 0 Å². The fraction of sp³-hybridized carbons (Fsp3) is 0.600. The zero-order chi connectivity index (χ0) is 11.9. The SMILES string of the molecule is COCCNCCc1ccc2c(c1)CCCC2. The molecule has 1 aromatic rings. The normalized spacial score (nSPS) is 14.6. The molecule has 0 aliphatic heterocycles. The molecule has 0 radical (unpaired) electrons. The summed E-state index contributed by atoms with van der Waals surface area (Å²) in [5.41, 5.74) is 4.63. The van der Waals surface area contributed by atoms with Gasteiger partial charge >= 0.3 is 0 Å². The highest BCUT2D eigenvalue weighted by Crippen LogP contribution is 2.22. The molecule has 0 fully saturated rings. The summed E-state index contributed by atoms with van der Waals surface area (Å²) in [5, 5.41) is 3.39. The Morgan fingerprint density at radius 1 is 1.12 bits per heavy atom. The van der Waals surface area contributed by atoms with Crippen LogP contribution >= 0.6 is 0 Å². The van der Waals surface area contributed by atoms with Crippen molar-refractivity contribution < 1.29 is 4.74 Å². The first-order chi connectivity index (χ1) is 8.40. The lowest BCUT2D eigenvalue weighted by Gasteiger charge is -2.16. The molecule has 2 nitrogen and oxygen atoms in total. The summed E-state index contributed by atoms with van der Waals surface area (Å²) < 4.78 is 5.01. The van der Waals surface area contributed by atoms with Gasteiger partial charge in [0, 0.05) is 13.7 Å². The topological polar surface area (TPSA) is 21.3 Å². The molecule has 0 aromatic heterocycles. The van der Waals surface area contributed by atoms with Gasteiger partial charge in [-0.2, -0.15) is 0 Å². The third-order valence-corrected chi connectivity index (χ3v) is 3.49. The third kappa shape index (κ3) is 3.83. The van der Waals surface area contributed by atoms with E-state index in [1.165, 1.54) is 31.2 Å². The van der Waals surface area contributed by atoms with Crippen molar-refractivity contribution in [2.45, 2.75) is 32.1 Å². The molecule has 0 heterocycles. The van der Waals surface area contributed by atoms with Crippen LogP contribution < -0.4 is 5.32 Å². The molecule has 1 aromatic carbocycles. The number of hydrogen-bond donors (Lipinski definition) is 1. The maximum absolute atomic E-state index is 5.01. The Bertz CT molecular complexity index is 349. The predicted octanol–water partition coefficient (Wildman–Crippen LogP) is 2.34. The van der Waals surface area contributed by atoms with Crippen molar-refractivity contribution in [3.05, 3.63) is 34.9 Å². The van der Waals surface area contributed by atoms with Gasteiger partial charge in [0.05, 0.1) is 6.61 Å². The number of fused-ring (bicyclic) bond motifs is 1. The van der Waals surface area contributed by atoms with Gasteiger partial charge in [-0.25, -0.2) is 0 Å². The van der Waals surface area contributed by atoms with Crippen LogP contribution in [0.5, 0.6) is 0 Å². The summed E-state index contributed by atoms with van der Waals surface area (Å²) in [6.07, 6.45) is 6.41. The number of rotatable bonds is 6. The molecule has 94 valence electrons. The second-order valence-corrected chi connectivity index (χ2v) is 4.80. The van der Waals surface area contributed by atoms with Crippen molar-refractivity contribution >= 4 is 0 Å². The van der Waals surface area contributed by atoms with Gasteiger partial charge in [0.1, 0.15) is 0 Å². The molecule has 0 amide bonds. The fourth-order valence-electron chi connectivity index (χ4n) is 2.47. The highest BCUT2D eigenvalue weighted by molar-refractivity contribution is 5.33. The Morgan fingerprint density at radius 3 is 2.76 bits per heavy atom. The lowest BCUT2D eigenvalue weighted by atomic mass is 9.90. The first-order valence-corrected chi connectivity index (χ1v) is 6.70. The highest BCUT2D eigenvalue weighted by atomic mass is 16.5. The highest BCUT2D eigenvalue weighted by Gasteiger charge is 2.08. The molecule has 1 aliphatic rings. The van der Waals surface area contributed by atoms with Gasteiger partial charge in [0.2, 0.25) is 0 Å². The Labute approximate surface area is 104 Å². The second-order valence-electron chi connectivity index (χ2n) is 4.80. The number of methoxy groups -OCH3 is 1. The monoisotopic (exact) mass is 233 g/mol. The Kier molecular flexibility index (Phi) is 5.02. The minimum Gasteiger partial charge on any atom is -0.383 e. The average Bonchev–Trinajstić information content (AvgIpc) is 2.38. The minimum atomic E-state index is 0.796. The van der Waals surface area contributed by atoms with E-state index in [9.17, 15) is 0 Å². The molecular weight excluding hydrogens is 210 g/mol. The Hall–Kier alpha value is -0.860. The quantitative estimate of drug-likeness (QED) is 0.762. The molecule has 0 saturated carbocycles. The van der Waals surface area contributed by atoms with Gasteiger partial charge in [-0.1, -0.05) is 18.2 Å². The average molecular weight is 233 g/mol. The number of nitrogens with one attached hydrogen (secondary N) is 1. The number of aryl methyl sites for hydroxylation is 2. The summed E-state index contributed by atoms with van der Waals surface area (Å²) >= 11 is 0. The molecule has 2 heteroatoms. The molecule has 0 spiro atoms. The van der Waals surface area contributed by atoms with E-state index in [1.54, 1.807) is 18.2 Å². The molecule has 2 rings (SSSR count).